The third-order valence-electron chi connectivity index (χ3n) is 10.4. The van der Waals surface area contributed by atoms with Crippen molar-refractivity contribution in [3.05, 3.63) is 60.8 Å². The maximum Gasteiger partial charge on any atom is 0.472 e. The molecule has 0 aromatic rings. The van der Waals surface area contributed by atoms with Crippen molar-refractivity contribution in [3.63, 3.8) is 0 Å². The van der Waals surface area contributed by atoms with Gasteiger partial charge in [-0.2, -0.15) is 0 Å². The van der Waals surface area contributed by atoms with Gasteiger partial charge in [-0.25, -0.2) is 4.57 Å². The summed E-state index contributed by atoms with van der Waals surface area (Å²) in [7, 11) is 1.26. The summed E-state index contributed by atoms with van der Waals surface area (Å²) in [6, 6.07) is 0. The van der Waals surface area contributed by atoms with E-state index in [0.29, 0.717) is 23.9 Å². The largest absolute Gasteiger partial charge is 0.472 e. The highest BCUT2D eigenvalue weighted by Gasteiger charge is 2.27. The van der Waals surface area contributed by atoms with Gasteiger partial charge in [0.05, 0.1) is 46.1 Å². The molecule has 5 atom stereocenters. The lowest BCUT2D eigenvalue weighted by atomic mass is 10.0. The van der Waals surface area contributed by atoms with Crippen LogP contribution < -0.4 is 0 Å². The minimum Gasteiger partial charge on any atom is -0.462 e. The van der Waals surface area contributed by atoms with Gasteiger partial charge in [0.25, 0.3) is 0 Å². The van der Waals surface area contributed by atoms with E-state index in [4.69, 9.17) is 18.5 Å². The van der Waals surface area contributed by atoms with Gasteiger partial charge >= 0.3 is 19.8 Å². The maximum atomic E-state index is 12.8. The summed E-state index contributed by atoms with van der Waals surface area (Å²) in [6.07, 6.45) is 39.3. The van der Waals surface area contributed by atoms with Crippen molar-refractivity contribution in [3.8, 4) is 0 Å². The summed E-state index contributed by atoms with van der Waals surface area (Å²) in [6.45, 7) is 3.84. The van der Waals surface area contributed by atoms with E-state index in [1.165, 1.54) is 102 Å². The number of quaternary nitrogens is 1. The van der Waals surface area contributed by atoms with E-state index >= 15 is 0 Å². The Morgan fingerprint density at radius 2 is 1.10 bits per heavy atom. The van der Waals surface area contributed by atoms with Gasteiger partial charge < -0.3 is 34.2 Å². The fraction of sp³-hybridized carbons (Fsp3) is 0.760. The predicted molar refractivity (Wildman–Crippen MR) is 256 cm³/mol. The molecule has 4 N–H and O–H groups in total. The van der Waals surface area contributed by atoms with Crippen LogP contribution >= 0.6 is 7.82 Å². The number of nitrogens with zero attached hydrogens (tertiary/aromatic N) is 1. The number of phosphoric acid groups is 1. The lowest BCUT2D eigenvalue weighted by Gasteiger charge is -2.24. The number of aliphatic hydroxyl groups excluding tert-OH is 3. The molecule has 63 heavy (non-hydrogen) atoms. The standard InChI is InChI=1S/C50H90NO11P/c1-6-8-10-11-12-13-14-15-16-17-18-19-20-21-22-23-24-29-33-39-49(55)59-43-46(44-61-63(57,58)60-42-41-51(3,4)5)62-50(56)40-34-38-48(54)47(53)37-32-28-26-25-27-31-36-45(52)35-30-9-7-2/h9,25-28,30-32,36-37,45-48,52-54H,6-8,10-24,29,33-35,38-44H2,1-5H3/p+1/b27-25+,28-26-,30-9-,36-31+,37-32-/t45-,46+,47+,48+/m0/s1. The summed E-state index contributed by atoms with van der Waals surface area (Å²) >= 11 is 0. The number of aliphatic hydroxyl groups is 3. The number of phosphoric ester groups is 1. The summed E-state index contributed by atoms with van der Waals surface area (Å²) in [4.78, 5) is 35.5. The molecule has 1 unspecified atom stereocenters. The number of rotatable bonds is 43. The van der Waals surface area contributed by atoms with Crippen LogP contribution in [0.25, 0.3) is 0 Å². The van der Waals surface area contributed by atoms with E-state index in [1.807, 2.05) is 40.2 Å². The molecule has 0 heterocycles. The molecule has 0 saturated heterocycles. The third kappa shape index (κ3) is 43.3. The Morgan fingerprint density at radius 3 is 1.62 bits per heavy atom. The number of ether oxygens (including phenoxy) is 2. The molecule has 0 aliphatic rings. The van der Waals surface area contributed by atoms with Crippen LogP contribution in [0, 0.1) is 0 Å². The van der Waals surface area contributed by atoms with Crippen molar-refractivity contribution in [2.45, 2.75) is 199 Å². The summed E-state index contributed by atoms with van der Waals surface area (Å²) in [5.41, 5.74) is 0. The molecule has 366 valence electrons. The zero-order chi connectivity index (χ0) is 46.9. The molecule has 0 fully saturated rings. The van der Waals surface area contributed by atoms with E-state index in [9.17, 15) is 34.4 Å². The molecule has 0 rings (SSSR count). The third-order valence-corrected chi connectivity index (χ3v) is 11.4. The van der Waals surface area contributed by atoms with Crippen LogP contribution in [-0.2, 0) is 32.7 Å². The first-order valence-corrected chi connectivity index (χ1v) is 25.8. The first kappa shape index (κ1) is 60.6. The van der Waals surface area contributed by atoms with Gasteiger partial charge in [-0.3, -0.25) is 18.6 Å². The smallest absolute Gasteiger partial charge is 0.462 e. The van der Waals surface area contributed by atoms with Gasteiger partial charge in [-0.15, -0.1) is 0 Å². The number of unbranched alkanes of at least 4 members (excludes halogenated alkanes) is 18. The lowest BCUT2D eigenvalue weighted by molar-refractivity contribution is -0.870. The molecular formula is C50H91NO11P+. The average Bonchev–Trinajstić information content (AvgIpc) is 3.23. The van der Waals surface area contributed by atoms with Gasteiger partial charge in [-0.1, -0.05) is 190 Å². The van der Waals surface area contributed by atoms with Gasteiger partial charge in [0, 0.05) is 12.8 Å². The van der Waals surface area contributed by atoms with Gasteiger partial charge in [0.15, 0.2) is 6.10 Å². The quantitative estimate of drug-likeness (QED) is 0.0115. The molecule has 0 radical (unpaired) electrons. The van der Waals surface area contributed by atoms with Crippen molar-refractivity contribution >= 4 is 19.8 Å². The fourth-order valence-corrected chi connectivity index (χ4v) is 7.22. The molecule has 12 nitrogen and oxygen atoms in total. The molecular weight excluding hydrogens is 822 g/mol. The monoisotopic (exact) mass is 913 g/mol. The minimum atomic E-state index is -4.48. The molecule has 0 aromatic heterocycles. The van der Waals surface area contributed by atoms with Gasteiger partial charge in [0.2, 0.25) is 0 Å². The van der Waals surface area contributed by atoms with Crippen LogP contribution in [0.2, 0.25) is 0 Å². The van der Waals surface area contributed by atoms with Crippen molar-refractivity contribution in [2.24, 2.45) is 0 Å². The SMILES string of the molecule is CC/C=C\C[C@H](O)/C=C/C=C/C=C\C=C/[C@@H](O)[C@H](O)CCCC(=O)O[C@H](COC(=O)CCCCCCCCCCCCCCCCCCCCC)COP(=O)(O)OCC[N+](C)(C)C. The molecule has 0 bridgehead atoms. The Bertz CT molecular complexity index is 1310. The van der Waals surface area contributed by atoms with E-state index in [0.717, 1.165) is 25.7 Å². The average molecular weight is 913 g/mol. The highest BCUT2D eigenvalue weighted by atomic mass is 31.2. The number of carbonyl (C=O) groups excluding carboxylic acids is 2. The Hall–Kier alpha value is -2.41. The van der Waals surface area contributed by atoms with Crippen LogP contribution in [0.3, 0.4) is 0 Å². The van der Waals surface area contributed by atoms with Crippen LogP contribution in [0.5, 0.6) is 0 Å². The number of esters is 2. The topological polar surface area (TPSA) is 169 Å². The molecule has 0 aromatic carbocycles. The van der Waals surface area contributed by atoms with Crippen LogP contribution in [0.1, 0.15) is 174 Å². The Labute approximate surface area is 383 Å². The molecule has 0 saturated carbocycles. The number of hydrogen-bond donors (Lipinski definition) is 4. The second kappa shape index (κ2) is 41.1. The van der Waals surface area contributed by atoms with Crippen molar-refractivity contribution in [2.75, 3.05) is 47.5 Å². The maximum absolute atomic E-state index is 12.8. The molecule has 13 heteroatoms. The lowest BCUT2D eigenvalue weighted by Crippen LogP contribution is -2.37. The summed E-state index contributed by atoms with van der Waals surface area (Å²) in [5.74, 6) is -1.13. The number of allylic oxidation sites excluding steroid dienone is 7. The van der Waals surface area contributed by atoms with E-state index in [1.54, 1.807) is 42.5 Å². The van der Waals surface area contributed by atoms with Crippen molar-refractivity contribution < 1.29 is 57.4 Å². The zero-order valence-corrected chi connectivity index (χ0v) is 41.0. The summed E-state index contributed by atoms with van der Waals surface area (Å²) in [5, 5.41) is 30.6. The van der Waals surface area contributed by atoms with Gasteiger partial charge in [0.1, 0.15) is 19.8 Å². The summed E-state index contributed by atoms with van der Waals surface area (Å²) < 4.78 is 34.1. The second-order valence-electron chi connectivity index (χ2n) is 17.7. The minimum absolute atomic E-state index is 0.0339. The molecule has 0 aliphatic carbocycles. The number of carbonyl (C=O) groups is 2. The first-order valence-electron chi connectivity index (χ1n) is 24.3. The molecule has 0 amide bonds. The van der Waals surface area contributed by atoms with E-state index < -0.39 is 50.8 Å². The highest BCUT2D eigenvalue weighted by Crippen LogP contribution is 2.43. The number of likely N-dealkylation sites (N-methyl/N-ethyl adjacent to an activating group) is 1. The van der Waals surface area contributed by atoms with Crippen LogP contribution in [-0.4, -0.2) is 109 Å². The van der Waals surface area contributed by atoms with E-state index in [-0.39, 0.29) is 38.9 Å². The van der Waals surface area contributed by atoms with Crippen molar-refractivity contribution in [1.29, 1.82) is 0 Å². The molecule has 0 aliphatic heterocycles. The fourth-order valence-electron chi connectivity index (χ4n) is 6.47. The van der Waals surface area contributed by atoms with Crippen molar-refractivity contribution in [1.82, 2.24) is 0 Å². The van der Waals surface area contributed by atoms with Gasteiger partial charge in [-0.05, 0) is 32.1 Å². The second-order valence-corrected chi connectivity index (χ2v) is 19.1. The predicted octanol–water partition coefficient (Wildman–Crippen LogP) is 10.9. The number of hydrogen-bond acceptors (Lipinski definition) is 10. The molecule has 0 spiro atoms. The zero-order valence-electron chi connectivity index (χ0n) is 40.1. The Morgan fingerprint density at radius 1 is 0.603 bits per heavy atom. The highest BCUT2D eigenvalue weighted by molar-refractivity contribution is 7.47. The normalized spacial score (nSPS) is 15.5. The Balaban J connectivity index is 4.58. The van der Waals surface area contributed by atoms with Crippen LogP contribution in [0.4, 0.5) is 0 Å². The Kier molecular flexibility index (Phi) is 39.5. The first-order chi connectivity index (χ1) is 30.2. The van der Waals surface area contributed by atoms with Crippen LogP contribution in [0.15, 0.2) is 60.8 Å². The van der Waals surface area contributed by atoms with E-state index in [2.05, 4.69) is 6.92 Å².